The topological polar surface area (TPSA) is 80.9 Å². The Kier molecular flexibility index (Phi) is 3.19. The summed E-state index contributed by atoms with van der Waals surface area (Å²) in [6, 6.07) is 9.77. The SMILES string of the molecule is NC(=O)c1ccc(F)nc1Nc1ccc2cnccc2c1. The van der Waals surface area contributed by atoms with Crippen molar-refractivity contribution in [3.63, 3.8) is 0 Å². The van der Waals surface area contributed by atoms with Crippen molar-refractivity contribution in [2.45, 2.75) is 0 Å². The number of nitrogens with one attached hydrogen (secondary N) is 1. The van der Waals surface area contributed by atoms with Crippen LogP contribution in [-0.2, 0) is 0 Å². The number of rotatable bonds is 3. The van der Waals surface area contributed by atoms with Crippen LogP contribution in [0.25, 0.3) is 10.8 Å². The van der Waals surface area contributed by atoms with Crippen LogP contribution in [0.15, 0.2) is 48.8 Å². The van der Waals surface area contributed by atoms with Crippen LogP contribution in [0, 0.1) is 5.95 Å². The molecule has 1 amide bonds. The molecule has 5 nitrogen and oxygen atoms in total. The van der Waals surface area contributed by atoms with Gasteiger partial charge >= 0.3 is 0 Å². The van der Waals surface area contributed by atoms with E-state index in [-0.39, 0.29) is 11.4 Å². The van der Waals surface area contributed by atoms with Crippen LogP contribution in [0.2, 0.25) is 0 Å². The number of halogens is 1. The van der Waals surface area contributed by atoms with Crippen molar-refractivity contribution in [3.8, 4) is 0 Å². The summed E-state index contributed by atoms with van der Waals surface area (Å²) in [6.07, 6.45) is 3.43. The second-order valence-corrected chi connectivity index (χ2v) is 4.46. The third-order valence-corrected chi connectivity index (χ3v) is 3.03. The number of nitrogens with two attached hydrogens (primary N) is 1. The van der Waals surface area contributed by atoms with E-state index < -0.39 is 11.9 Å². The summed E-state index contributed by atoms with van der Waals surface area (Å²) in [6.45, 7) is 0. The van der Waals surface area contributed by atoms with Crippen LogP contribution < -0.4 is 11.1 Å². The number of benzene rings is 1. The van der Waals surface area contributed by atoms with Gasteiger partial charge in [-0.25, -0.2) is 4.98 Å². The van der Waals surface area contributed by atoms with E-state index in [1.165, 1.54) is 6.07 Å². The number of amides is 1. The highest BCUT2D eigenvalue weighted by Gasteiger charge is 2.11. The van der Waals surface area contributed by atoms with Gasteiger partial charge in [-0.1, -0.05) is 6.07 Å². The van der Waals surface area contributed by atoms with E-state index in [0.29, 0.717) is 5.69 Å². The summed E-state index contributed by atoms with van der Waals surface area (Å²) in [5, 5.41) is 4.86. The molecule has 0 atom stereocenters. The molecule has 0 bridgehead atoms. The highest BCUT2D eigenvalue weighted by atomic mass is 19.1. The Hall–Kier alpha value is -3.02. The number of carbonyl (C=O) groups is 1. The van der Waals surface area contributed by atoms with Gasteiger partial charge in [-0.05, 0) is 35.7 Å². The molecule has 0 spiro atoms. The van der Waals surface area contributed by atoms with Crippen molar-refractivity contribution in [1.82, 2.24) is 9.97 Å². The van der Waals surface area contributed by atoms with Gasteiger partial charge in [0.25, 0.3) is 5.91 Å². The minimum atomic E-state index is -0.688. The normalized spacial score (nSPS) is 10.5. The molecular weight excluding hydrogens is 271 g/mol. The largest absolute Gasteiger partial charge is 0.365 e. The van der Waals surface area contributed by atoms with Crippen LogP contribution in [-0.4, -0.2) is 15.9 Å². The molecule has 3 rings (SSSR count). The molecule has 3 aromatic rings. The first-order chi connectivity index (χ1) is 10.1. The van der Waals surface area contributed by atoms with Gasteiger partial charge in [-0.2, -0.15) is 4.39 Å². The lowest BCUT2D eigenvalue weighted by Crippen LogP contribution is -2.14. The molecule has 21 heavy (non-hydrogen) atoms. The van der Waals surface area contributed by atoms with Crippen molar-refractivity contribution in [2.24, 2.45) is 5.73 Å². The molecule has 0 saturated carbocycles. The summed E-state index contributed by atoms with van der Waals surface area (Å²) < 4.78 is 13.3. The van der Waals surface area contributed by atoms with E-state index in [4.69, 9.17) is 5.73 Å². The molecule has 3 N–H and O–H groups in total. The van der Waals surface area contributed by atoms with Gasteiger partial charge in [0, 0.05) is 23.5 Å². The zero-order valence-corrected chi connectivity index (χ0v) is 10.9. The Morgan fingerprint density at radius 3 is 2.81 bits per heavy atom. The average molecular weight is 282 g/mol. The standard InChI is InChI=1S/C15H11FN4O/c16-13-4-3-12(14(17)21)15(20-13)19-11-2-1-10-8-18-6-5-9(10)7-11/h1-8H,(H2,17,21)(H,19,20). The summed E-state index contributed by atoms with van der Waals surface area (Å²) in [7, 11) is 0. The molecule has 0 saturated heterocycles. The second kappa shape index (κ2) is 5.16. The maximum absolute atomic E-state index is 13.3. The zero-order chi connectivity index (χ0) is 14.8. The van der Waals surface area contributed by atoms with Crippen LogP contribution in [0.5, 0.6) is 0 Å². The van der Waals surface area contributed by atoms with Crippen LogP contribution in [0.4, 0.5) is 15.9 Å². The Bertz CT molecular complexity index is 835. The van der Waals surface area contributed by atoms with Crippen molar-refractivity contribution >= 4 is 28.2 Å². The van der Waals surface area contributed by atoms with E-state index in [1.54, 1.807) is 18.5 Å². The first-order valence-electron chi connectivity index (χ1n) is 6.20. The molecule has 0 aliphatic heterocycles. The summed E-state index contributed by atoms with van der Waals surface area (Å²) in [5.41, 5.74) is 6.07. The molecule has 2 heterocycles. The zero-order valence-electron chi connectivity index (χ0n) is 10.9. The molecule has 104 valence electrons. The molecule has 0 fully saturated rings. The van der Waals surface area contributed by atoms with Gasteiger partial charge in [0.2, 0.25) is 5.95 Å². The molecule has 0 radical (unpaired) electrons. The number of anilines is 2. The lowest BCUT2D eigenvalue weighted by atomic mass is 10.1. The Morgan fingerprint density at radius 2 is 2.00 bits per heavy atom. The summed E-state index contributed by atoms with van der Waals surface area (Å²) >= 11 is 0. The number of carbonyl (C=O) groups excluding carboxylic acids is 1. The van der Waals surface area contributed by atoms with Gasteiger partial charge in [-0.3, -0.25) is 9.78 Å². The van der Waals surface area contributed by atoms with Crippen molar-refractivity contribution in [2.75, 3.05) is 5.32 Å². The second-order valence-electron chi connectivity index (χ2n) is 4.46. The van der Waals surface area contributed by atoms with Crippen LogP contribution in [0.1, 0.15) is 10.4 Å². The highest BCUT2D eigenvalue weighted by molar-refractivity contribution is 5.98. The molecule has 6 heteroatoms. The van der Waals surface area contributed by atoms with Crippen LogP contribution >= 0.6 is 0 Å². The minimum Gasteiger partial charge on any atom is -0.365 e. The van der Waals surface area contributed by atoms with E-state index in [1.807, 2.05) is 18.2 Å². The number of hydrogen-bond acceptors (Lipinski definition) is 4. The smallest absolute Gasteiger partial charge is 0.252 e. The fourth-order valence-electron chi connectivity index (χ4n) is 2.03. The van der Waals surface area contributed by atoms with Crippen molar-refractivity contribution in [3.05, 3.63) is 60.3 Å². The van der Waals surface area contributed by atoms with Crippen molar-refractivity contribution < 1.29 is 9.18 Å². The third-order valence-electron chi connectivity index (χ3n) is 3.03. The molecule has 1 aromatic carbocycles. The Balaban J connectivity index is 2.02. The van der Waals surface area contributed by atoms with E-state index in [0.717, 1.165) is 16.8 Å². The van der Waals surface area contributed by atoms with Crippen molar-refractivity contribution in [1.29, 1.82) is 0 Å². The summed E-state index contributed by atoms with van der Waals surface area (Å²) in [4.78, 5) is 19.1. The first-order valence-corrected chi connectivity index (χ1v) is 6.20. The average Bonchev–Trinajstić information content (AvgIpc) is 2.47. The number of aromatic nitrogens is 2. The number of fused-ring (bicyclic) bond motifs is 1. The van der Waals surface area contributed by atoms with Gasteiger partial charge in [0.05, 0.1) is 5.56 Å². The maximum Gasteiger partial charge on any atom is 0.252 e. The fraction of sp³-hybridized carbons (Fsp3) is 0. The predicted octanol–water partition coefficient (Wildman–Crippen LogP) is 2.61. The molecule has 0 aliphatic rings. The molecule has 0 unspecified atom stereocenters. The lowest BCUT2D eigenvalue weighted by molar-refractivity contribution is 0.100. The first kappa shape index (κ1) is 13.0. The fourth-order valence-corrected chi connectivity index (χ4v) is 2.03. The van der Waals surface area contributed by atoms with Gasteiger partial charge in [-0.15, -0.1) is 0 Å². The van der Waals surface area contributed by atoms with E-state index in [9.17, 15) is 9.18 Å². The quantitative estimate of drug-likeness (QED) is 0.723. The number of nitrogens with zero attached hydrogens (tertiary/aromatic N) is 2. The third kappa shape index (κ3) is 2.64. The van der Waals surface area contributed by atoms with E-state index >= 15 is 0 Å². The number of hydrogen-bond donors (Lipinski definition) is 2. The predicted molar refractivity (Wildman–Crippen MR) is 77.7 cm³/mol. The lowest BCUT2D eigenvalue weighted by Gasteiger charge is -2.09. The van der Waals surface area contributed by atoms with Gasteiger partial charge in [0.15, 0.2) is 0 Å². The Morgan fingerprint density at radius 1 is 1.14 bits per heavy atom. The Labute approximate surface area is 119 Å². The molecular formula is C15H11FN4O. The highest BCUT2D eigenvalue weighted by Crippen LogP contribution is 2.23. The number of pyridine rings is 2. The number of primary amides is 1. The minimum absolute atomic E-state index is 0.0934. The molecule has 2 aromatic heterocycles. The maximum atomic E-state index is 13.3. The van der Waals surface area contributed by atoms with Gasteiger partial charge < -0.3 is 11.1 Å². The van der Waals surface area contributed by atoms with E-state index in [2.05, 4.69) is 15.3 Å². The monoisotopic (exact) mass is 282 g/mol. The molecule has 0 aliphatic carbocycles. The van der Waals surface area contributed by atoms with Gasteiger partial charge in [0.1, 0.15) is 5.82 Å². The summed E-state index contributed by atoms with van der Waals surface area (Å²) in [5.74, 6) is -1.27. The van der Waals surface area contributed by atoms with Crippen LogP contribution in [0.3, 0.4) is 0 Å².